The van der Waals surface area contributed by atoms with Crippen molar-refractivity contribution in [2.24, 2.45) is 0 Å². The lowest BCUT2D eigenvalue weighted by Gasteiger charge is -2.38. The summed E-state index contributed by atoms with van der Waals surface area (Å²) in [7, 11) is 0. The largest absolute Gasteiger partial charge is 0.449 e. The highest BCUT2D eigenvalue weighted by Crippen LogP contribution is 2.45. The molecule has 5 aromatic carbocycles. The van der Waals surface area contributed by atoms with Gasteiger partial charge in [0.1, 0.15) is 6.61 Å². The number of aryl methyl sites for hydroxylation is 1. The summed E-state index contributed by atoms with van der Waals surface area (Å²) >= 11 is 6.91. The zero-order valence-electron chi connectivity index (χ0n) is 29.0. The predicted octanol–water partition coefficient (Wildman–Crippen LogP) is 9.59. The van der Waals surface area contributed by atoms with Gasteiger partial charge < -0.3 is 19.5 Å². The van der Waals surface area contributed by atoms with Crippen molar-refractivity contribution in [2.75, 3.05) is 6.61 Å². The Morgan fingerprint density at radius 3 is 1.88 bits per heavy atom. The third-order valence-corrected chi connectivity index (χ3v) is 9.35. The quantitative estimate of drug-likeness (QED) is 0.117. The molecule has 0 saturated carbocycles. The monoisotopic (exact) mass is 687 g/mol. The molecule has 50 heavy (non-hydrogen) atoms. The van der Waals surface area contributed by atoms with E-state index in [0.717, 1.165) is 27.8 Å². The molecule has 1 aliphatic rings. The van der Waals surface area contributed by atoms with Crippen LogP contribution in [0.2, 0.25) is 5.02 Å². The fourth-order valence-electron chi connectivity index (χ4n) is 6.83. The highest BCUT2D eigenvalue weighted by molar-refractivity contribution is 6.31. The summed E-state index contributed by atoms with van der Waals surface area (Å²) in [4.78, 5) is 28.4. The van der Waals surface area contributed by atoms with Gasteiger partial charge in [-0.05, 0) is 62.9 Å². The van der Waals surface area contributed by atoms with E-state index in [9.17, 15) is 9.59 Å². The maximum absolute atomic E-state index is 14.7. The van der Waals surface area contributed by atoms with E-state index in [1.165, 1.54) is 0 Å². The minimum absolute atomic E-state index is 0.0904. The van der Waals surface area contributed by atoms with Crippen LogP contribution >= 0.6 is 11.6 Å². The topological polar surface area (TPSA) is 73.9 Å². The number of halogens is 1. The number of amides is 1. The molecule has 0 heterocycles. The molecule has 1 aliphatic carbocycles. The summed E-state index contributed by atoms with van der Waals surface area (Å²) < 4.78 is 18.9. The Morgan fingerprint density at radius 1 is 0.740 bits per heavy atom. The van der Waals surface area contributed by atoms with E-state index in [1.54, 1.807) is 13.0 Å². The fourth-order valence-corrected chi connectivity index (χ4v) is 7.10. The lowest BCUT2D eigenvalue weighted by atomic mass is 9.79. The zero-order valence-corrected chi connectivity index (χ0v) is 29.7. The van der Waals surface area contributed by atoms with Crippen LogP contribution in [-0.2, 0) is 24.6 Å². The third kappa shape index (κ3) is 7.18. The molecule has 0 aromatic heterocycles. The summed E-state index contributed by atoms with van der Waals surface area (Å²) in [5.74, 6) is -0.853. The van der Waals surface area contributed by atoms with E-state index in [1.807, 2.05) is 125 Å². The van der Waals surface area contributed by atoms with Crippen LogP contribution in [0.5, 0.6) is 0 Å². The molecular weight excluding hydrogens is 646 g/mol. The molecule has 0 radical (unpaired) electrons. The number of hydrogen-bond acceptors (Lipinski definition) is 5. The number of alkyl carbamates (subject to hydrolysis) is 1. The van der Waals surface area contributed by atoms with Crippen molar-refractivity contribution in [3.05, 3.63) is 166 Å². The molecule has 1 N–H and O–H groups in total. The zero-order chi connectivity index (χ0) is 35.5. The van der Waals surface area contributed by atoms with Crippen LogP contribution in [0.25, 0.3) is 11.1 Å². The van der Waals surface area contributed by atoms with Gasteiger partial charge in [0.05, 0.1) is 11.7 Å². The Kier molecular flexibility index (Phi) is 10.1. The smallest absolute Gasteiger partial charge is 0.407 e. The SMILES string of the molecule is Cc1ccc(C(OC(=O)[C@@H](NC(=O)OCC2c3ccccc3-c3ccccc32)[C@@H](C)OC(C)(C)C)(c2ccccc2)c2ccccc2Cl)cc1. The lowest BCUT2D eigenvalue weighted by molar-refractivity contribution is -0.163. The van der Waals surface area contributed by atoms with Crippen molar-refractivity contribution >= 4 is 23.7 Å². The molecular formula is C43H42ClNO5. The van der Waals surface area contributed by atoms with Gasteiger partial charge in [-0.15, -0.1) is 0 Å². The third-order valence-electron chi connectivity index (χ3n) is 9.03. The van der Waals surface area contributed by atoms with E-state index in [-0.39, 0.29) is 12.5 Å². The second-order valence-electron chi connectivity index (χ2n) is 13.7. The standard InChI is InChI=1S/C43H42ClNO5/c1-28-23-25-31(26-24-28)43(30-15-7-6-8-16-30,37-21-13-14-22-38(37)44)50-40(46)39(29(2)49-42(3,4)5)45-41(47)48-27-36-34-19-11-9-17-32(34)33-18-10-12-20-35(33)36/h6-26,29,36,39H,27H2,1-5H3,(H,45,47)/t29-,39+,43?/m1/s1. The minimum Gasteiger partial charge on any atom is -0.449 e. The summed E-state index contributed by atoms with van der Waals surface area (Å²) in [6, 6.07) is 39.6. The maximum atomic E-state index is 14.7. The number of fused-ring (bicyclic) bond motifs is 3. The van der Waals surface area contributed by atoms with E-state index in [0.29, 0.717) is 21.7 Å². The molecule has 256 valence electrons. The predicted molar refractivity (Wildman–Crippen MR) is 197 cm³/mol. The average molecular weight is 688 g/mol. The number of nitrogens with one attached hydrogen (secondary N) is 1. The molecule has 0 spiro atoms. The number of hydrogen-bond donors (Lipinski definition) is 1. The first-order chi connectivity index (χ1) is 24.0. The number of benzene rings is 5. The Bertz CT molecular complexity index is 1920. The first kappa shape index (κ1) is 34.9. The Morgan fingerprint density at radius 2 is 1.28 bits per heavy atom. The molecule has 0 aliphatic heterocycles. The Balaban J connectivity index is 1.35. The molecule has 0 saturated heterocycles. The number of esters is 1. The molecule has 5 aromatic rings. The number of carbonyl (C=O) groups is 2. The van der Waals surface area contributed by atoms with Crippen molar-refractivity contribution in [3.63, 3.8) is 0 Å². The van der Waals surface area contributed by atoms with Gasteiger partial charge in [0.25, 0.3) is 0 Å². The molecule has 7 heteroatoms. The van der Waals surface area contributed by atoms with E-state index in [4.69, 9.17) is 25.8 Å². The Hall–Kier alpha value is -4.91. The highest BCUT2D eigenvalue weighted by atomic mass is 35.5. The van der Waals surface area contributed by atoms with Crippen molar-refractivity contribution in [3.8, 4) is 11.1 Å². The molecule has 6 rings (SSSR count). The Labute approximate surface area is 299 Å². The van der Waals surface area contributed by atoms with Gasteiger partial charge >= 0.3 is 12.1 Å². The second kappa shape index (κ2) is 14.5. The van der Waals surface area contributed by atoms with E-state index < -0.39 is 35.4 Å². The van der Waals surface area contributed by atoms with Crippen LogP contribution < -0.4 is 5.32 Å². The first-order valence-electron chi connectivity index (χ1n) is 16.9. The van der Waals surface area contributed by atoms with Gasteiger partial charge in [0.2, 0.25) is 0 Å². The van der Waals surface area contributed by atoms with Crippen LogP contribution in [0, 0.1) is 6.92 Å². The van der Waals surface area contributed by atoms with Gasteiger partial charge in [0, 0.05) is 27.6 Å². The van der Waals surface area contributed by atoms with Crippen molar-refractivity contribution in [2.45, 2.75) is 63.9 Å². The molecule has 6 nitrogen and oxygen atoms in total. The second-order valence-corrected chi connectivity index (χ2v) is 14.1. The molecule has 0 bridgehead atoms. The van der Waals surface area contributed by atoms with Gasteiger partial charge in [-0.3, -0.25) is 0 Å². The lowest BCUT2D eigenvalue weighted by Crippen LogP contribution is -2.53. The van der Waals surface area contributed by atoms with Gasteiger partial charge in [0.15, 0.2) is 11.6 Å². The van der Waals surface area contributed by atoms with Crippen LogP contribution in [-0.4, -0.2) is 36.4 Å². The van der Waals surface area contributed by atoms with E-state index in [2.05, 4.69) is 29.6 Å². The fraction of sp³-hybridized carbons (Fsp3) is 0.256. The summed E-state index contributed by atoms with van der Waals surface area (Å²) in [6.45, 7) is 9.51. The van der Waals surface area contributed by atoms with Crippen molar-refractivity contribution in [1.82, 2.24) is 5.32 Å². The molecule has 3 atom stereocenters. The molecule has 1 unspecified atom stereocenters. The highest BCUT2D eigenvalue weighted by Gasteiger charge is 2.45. The van der Waals surface area contributed by atoms with E-state index >= 15 is 0 Å². The van der Waals surface area contributed by atoms with Crippen LogP contribution in [0.1, 0.15) is 67.0 Å². The first-order valence-corrected chi connectivity index (χ1v) is 17.3. The number of rotatable bonds is 10. The van der Waals surface area contributed by atoms with Crippen LogP contribution in [0.15, 0.2) is 127 Å². The van der Waals surface area contributed by atoms with Crippen LogP contribution in [0.4, 0.5) is 4.79 Å². The van der Waals surface area contributed by atoms with Gasteiger partial charge in [-0.2, -0.15) is 0 Å². The van der Waals surface area contributed by atoms with Crippen molar-refractivity contribution in [1.29, 1.82) is 0 Å². The molecule has 0 fully saturated rings. The van der Waals surface area contributed by atoms with Gasteiger partial charge in [-0.25, -0.2) is 9.59 Å². The van der Waals surface area contributed by atoms with Crippen molar-refractivity contribution < 1.29 is 23.8 Å². The summed E-state index contributed by atoms with van der Waals surface area (Å²) in [5.41, 5.74) is 5.34. The number of ether oxygens (including phenoxy) is 3. The average Bonchev–Trinajstić information content (AvgIpc) is 3.42. The maximum Gasteiger partial charge on any atom is 0.407 e. The summed E-state index contributed by atoms with van der Waals surface area (Å²) in [6.07, 6.45) is -1.54. The summed E-state index contributed by atoms with van der Waals surface area (Å²) in [5, 5.41) is 3.24. The number of carbonyl (C=O) groups excluding carboxylic acids is 2. The normalized spacial score (nSPS) is 14.8. The minimum atomic E-state index is -1.47. The molecule has 1 amide bonds. The van der Waals surface area contributed by atoms with Gasteiger partial charge in [-0.1, -0.05) is 138 Å². The van der Waals surface area contributed by atoms with Crippen LogP contribution in [0.3, 0.4) is 0 Å².